The maximum atomic E-state index is 13.1. The lowest BCUT2D eigenvalue weighted by atomic mass is 10.1. The molecule has 1 aliphatic heterocycles. The normalized spacial score (nSPS) is 15.8. The zero-order valence-electron chi connectivity index (χ0n) is 18.1. The molecule has 0 bridgehead atoms. The van der Waals surface area contributed by atoms with E-state index in [0.29, 0.717) is 36.6 Å². The van der Waals surface area contributed by atoms with E-state index < -0.39 is 0 Å². The SMILES string of the molecule is CN=C(NCc1ccnc(Oc2ccc(F)cc2)c1)NC1CCc2nc(COC)nn2C1. The molecule has 3 heterocycles. The van der Waals surface area contributed by atoms with E-state index in [0.717, 1.165) is 30.8 Å². The Bertz CT molecular complexity index is 1070. The van der Waals surface area contributed by atoms with Crippen LogP contribution in [0.4, 0.5) is 4.39 Å². The van der Waals surface area contributed by atoms with E-state index in [1.54, 1.807) is 32.5 Å². The Labute approximate surface area is 185 Å². The highest BCUT2D eigenvalue weighted by atomic mass is 19.1. The lowest BCUT2D eigenvalue weighted by Crippen LogP contribution is -2.46. The van der Waals surface area contributed by atoms with Crippen molar-refractivity contribution in [3.63, 3.8) is 0 Å². The van der Waals surface area contributed by atoms with Crippen LogP contribution in [0.1, 0.15) is 23.6 Å². The van der Waals surface area contributed by atoms with Crippen LogP contribution < -0.4 is 15.4 Å². The molecule has 1 atom stereocenters. The monoisotopic (exact) mass is 439 g/mol. The lowest BCUT2D eigenvalue weighted by molar-refractivity contribution is 0.177. The van der Waals surface area contributed by atoms with Gasteiger partial charge in [0.25, 0.3) is 0 Å². The van der Waals surface area contributed by atoms with Crippen molar-refractivity contribution in [2.24, 2.45) is 4.99 Å². The maximum Gasteiger partial charge on any atom is 0.219 e. The molecule has 168 valence electrons. The second-order valence-electron chi connectivity index (χ2n) is 7.42. The zero-order valence-corrected chi connectivity index (χ0v) is 18.1. The Morgan fingerprint density at radius 1 is 1.28 bits per heavy atom. The Balaban J connectivity index is 1.31. The number of methoxy groups -OCH3 is 1. The number of aryl methyl sites for hydroxylation is 1. The predicted octanol–water partition coefficient (Wildman–Crippen LogP) is 2.43. The fourth-order valence-corrected chi connectivity index (χ4v) is 3.48. The van der Waals surface area contributed by atoms with E-state index in [1.807, 2.05) is 16.8 Å². The van der Waals surface area contributed by atoms with Crippen LogP contribution in [0.15, 0.2) is 47.6 Å². The first-order chi connectivity index (χ1) is 15.6. The largest absolute Gasteiger partial charge is 0.439 e. The number of halogens is 1. The van der Waals surface area contributed by atoms with E-state index in [9.17, 15) is 4.39 Å². The van der Waals surface area contributed by atoms with E-state index in [4.69, 9.17) is 9.47 Å². The highest BCUT2D eigenvalue weighted by molar-refractivity contribution is 5.79. The molecular formula is C22H26FN7O2. The van der Waals surface area contributed by atoms with Gasteiger partial charge in [-0.2, -0.15) is 5.10 Å². The molecule has 1 aliphatic rings. The van der Waals surface area contributed by atoms with Crippen molar-refractivity contribution < 1.29 is 13.9 Å². The van der Waals surface area contributed by atoms with Crippen LogP contribution in [0, 0.1) is 5.82 Å². The lowest BCUT2D eigenvalue weighted by Gasteiger charge is -2.25. The topological polar surface area (TPSA) is 98.5 Å². The van der Waals surface area contributed by atoms with Crippen LogP contribution in [0.2, 0.25) is 0 Å². The summed E-state index contributed by atoms with van der Waals surface area (Å²) in [5.41, 5.74) is 0.978. The molecular weight excluding hydrogens is 413 g/mol. The minimum absolute atomic E-state index is 0.195. The molecule has 0 fully saturated rings. The van der Waals surface area contributed by atoms with Crippen LogP contribution in [0.3, 0.4) is 0 Å². The van der Waals surface area contributed by atoms with Crippen LogP contribution in [-0.4, -0.2) is 45.9 Å². The Morgan fingerprint density at radius 2 is 2.12 bits per heavy atom. The summed E-state index contributed by atoms with van der Waals surface area (Å²) in [5.74, 6) is 3.06. The third kappa shape index (κ3) is 5.58. The van der Waals surface area contributed by atoms with E-state index in [1.165, 1.54) is 12.1 Å². The fourth-order valence-electron chi connectivity index (χ4n) is 3.48. The van der Waals surface area contributed by atoms with Crippen molar-refractivity contribution in [1.29, 1.82) is 0 Å². The number of benzene rings is 1. The number of hydrogen-bond donors (Lipinski definition) is 2. The molecule has 0 aliphatic carbocycles. The van der Waals surface area contributed by atoms with Gasteiger partial charge in [0.2, 0.25) is 5.88 Å². The molecule has 0 amide bonds. The van der Waals surface area contributed by atoms with Gasteiger partial charge in [-0.15, -0.1) is 0 Å². The zero-order chi connectivity index (χ0) is 22.3. The van der Waals surface area contributed by atoms with Gasteiger partial charge >= 0.3 is 0 Å². The quantitative estimate of drug-likeness (QED) is 0.431. The minimum atomic E-state index is -0.310. The van der Waals surface area contributed by atoms with Crippen LogP contribution in [0.5, 0.6) is 11.6 Å². The van der Waals surface area contributed by atoms with Gasteiger partial charge in [-0.25, -0.2) is 19.0 Å². The summed E-state index contributed by atoms with van der Waals surface area (Å²) < 4.78 is 25.8. The van der Waals surface area contributed by atoms with Gasteiger partial charge in [-0.1, -0.05) is 0 Å². The molecule has 0 radical (unpaired) electrons. The maximum absolute atomic E-state index is 13.1. The molecule has 2 N–H and O–H groups in total. The Hall–Kier alpha value is -3.53. The molecule has 10 heteroatoms. The van der Waals surface area contributed by atoms with E-state index in [2.05, 4.69) is 30.7 Å². The van der Waals surface area contributed by atoms with E-state index >= 15 is 0 Å². The number of rotatable bonds is 7. The number of fused-ring (bicyclic) bond motifs is 1. The van der Waals surface area contributed by atoms with Gasteiger partial charge in [0.1, 0.15) is 24.0 Å². The standard InChI is InChI=1S/C22H26FN7O2/c1-24-22(27-17-5-8-20-28-19(14-31-2)29-30(20)13-17)26-12-15-9-10-25-21(11-15)32-18-6-3-16(23)4-7-18/h3-4,6-7,9-11,17H,5,8,12-14H2,1-2H3,(H2,24,26,27). The van der Waals surface area contributed by atoms with Crippen molar-refractivity contribution in [2.75, 3.05) is 14.2 Å². The number of ether oxygens (including phenoxy) is 2. The molecule has 9 nitrogen and oxygen atoms in total. The van der Waals surface area contributed by atoms with Crippen LogP contribution in [-0.2, 0) is 30.9 Å². The van der Waals surface area contributed by atoms with Crippen molar-refractivity contribution in [1.82, 2.24) is 30.4 Å². The van der Waals surface area contributed by atoms with Crippen molar-refractivity contribution in [3.8, 4) is 11.6 Å². The van der Waals surface area contributed by atoms with Gasteiger partial charge in [-0.05, 0) is 42.3 Å². The molecule has 0 saturated heterocycles. The number of guanidine groups is 1. The number of hydrogen-bond acceptors (Lipinski definition) is 6. The van der Waals surface area contributed by atoms with Crippen LogP contribution >= 0.6 is 0 Å². The van der Waals surface area contributed by atoms with Gasteiger partial charge < -0.3 is 20.1 Å². The van der Waals surface area contributed by atoms with Gasteiger partial charge in [-0.3, -0.25) is 4.99 Å². The summed E-state index contributed by atoms with van der Waals surface area (Å²) in [5, 5.41) is 11.3. The van der Waals surface area contributed by atoms with Crippen LogP contribution in [0.25, 0.3) is 0 Å². The minimum Gasteiger partial charge on any atom is -0.439 e. The molecule has 1 aromatic carbocycles. The molecule has 0 saturated carbocycles. The summed E-state index contributed by atoms with van der Waals surface area (Å²) in [6.07, 6.45) is 3.47. The molecule has 1 unspecified atom stereocenters. The number of pyridine rings is 1. The van der Waals surface area contributed by atoms with Gasteiger partial charge in [0.05, 0.1) is 6.54 Å². The number of nitrogens with one attached hydrogen (secondary N) is 2. The first-order valence-corrected chi connectivity index (χ1v) is 10.4. The van der Waals surface area contributed by atoms with Crippen molar-refractivity contribution >= 4 is 5.96 Å². The van der Waals surface area contributed by atoms with Crippen molar-refractivity contribution in [2.45, 2.75) is 38.6 Å². The smallest absolute Gasteiger partial charge is 0.219 e. The molecule has 32 heavy (non-hydrogen) atoms. The highest BCUT2D eigenvalue weighted by Gasteiger charge is 2.22. The Morgan fingerprint density at radius 3 is 2.91 bits per heavy atom. The van der Waals surface area contributed by atoms with Gasteiger partial charge in [0.15, 0.2) is 11.8 Å². The first-order valence-electron chi connectivity index (χ1n) is 10.4. The van der Waals surface area contributed by atoms with E-state index in [-0.39, 0.29) is 11.9 Å². The third-order valence-electron chi connectivity index (χ3n) is 5.04. The number of aromatic nitrogens is 4. The second-order valence-corrected chi connectivity index (χ2v) is 7.42. The van der Waals surface area contributed by atoms with Gasteiger partial charge in [0, 0.05) is 45.4 Å². The summed E-state index contributed by atoms with van der Waals surface area (Å²) in [4.78, 5) is 13.1. The predicted molar refractivity (Wildman–Crippen MR) is 117 cm³/mol. The summed E-state index contributed by atoms with van der Waals surface area (Å²) in [7, 11) is 3.38. The molecule has 2 aromatic heterocycles. The average molecular weight is 439 g/mol. The fraction of sp³-hybridized carbons (Fsp3) is 0.364. The number of nitrogens with zero attached hydrogens (tertiary/aromatic N) is 5. The first kappa shape index (κ1) is 21.7. The third-order valence-corrected chi connectivity index (χ3v) is 5.04. The summed E-state index contributed by atoms with van der Waals surface area (Å²) in [6.45, 7) is 1.68. The molecule has 0 spiro atoms. The average Bonchev–Trinajstić information content (AvgIpc) is 3.20. The number of aliphatic imine (C=N–C) groups is 1. The highest BCUT2D eigenvalue weighted by Crippen LogP contribution is 2.20. The Kier molecular flexibility index (Phi) is 6.90. The summed E-state index contributed by atoms with van der Waals surface area (Å²) >= 11 is 0. The van der Waals surface area contributed by atoms with Crippen molar-refractivity contribution in [3.05, 3.63) is 65.6 Å². The summed E-state index contributed by atoms with van der Waals surface area (Å²) in [6, 6.07) is 9.76. The molecule has 4 rings (SSSR count). The second kappa shape index (κ2) is 10.2. The molecule has 3 aromatic rings.